The number of carbonyl (C=O) groups is 1. The van der Waals surface area contributed by atoms with E-state index in [0.717, 1.165) is 6.08 Å². The summed E-state index contributed by atoms with van der Waals surface area (Å²) in [6, 6.07) is 8.38. The van der Waals surface area contributed by atoms with Crippen molar-refractivity contribution in [1.82, 2.24) is 0 Å². The molecule has 1 aliphatic carbocycles. The largest absolute Gasteiger partial charge is 0.487 e. The summed E-state index contributed by atoms with van der Waals surface area (Å²) in [5, 5.41) is 20.5. The average Bonchev–Trinajstić information content (AvgIpc) is 3.01. The average molecular weight is 439 g/mol. The van der Waals surface area contributed by atoms with Gasteiger partial charge in [0, 0.05) is 18.8 Å². The molecule has 1 fully saturated rings. The molecule has 1 aliphatic rings. The lowest BCUT2D eigenvalue weighted by molar-refractivity contribution is -0.143. The third-order valence-corrected chi connectivity index (χ3v) is 5.28. The lowest BCUT2D eigenvalue weighted by Crippen LogP contribution is -2.25. The molecular weight excluding hydrogens is 406 g/mol. The third-order valence-electron chi connectivity index (χ3n) is 5.28. The number of para-hydroxylation sites is 1. The first-order chi connectivity index (χ1) is 14.8. The van der Waals surface area contributed by atoms with Gasteiger partial charge < -0.3 is 19.7 Å². The number of halogens is 2. The maximum absolute atomic E-state index is 14.2. The van der Waals surface area contributed by atoms with E-state index in [1.165, 1.54) is 6.08 Å². The van der Waals surface area contributed by atoms with E-state index in [0.29, 0.717) is 38.0 Å². The molecular formula is C24H32F2O5. The number of allylic oxidation sites excluding steroid dienone is 2. The Labute approximate surface area is 182 Å². The number of benzene rings is 1. The molecule has 0 aliphatic heterocycles. The summed E-state index contributed by atoms with van der Waals surface area (Å²) in [5.74, 6) is -3.98. The van der Waals surface area contributed by atoms with Crippen LogP contribution in [0.4, 0.5) is 8.78 Å². The first kappa shape index (κ1) is 25.0. The minimum atomic E-state index is -3.20. The van der Waals surface area contributed by atoms with Gasteiger partial charge in [0.1, 0.15) is 5.75 Å². The first-order valence-corrected chi connectivity index (χ1v) is 10.7. The van der Waals surface area contributed by atoms with Crippen molar-refractivity contribution in [2.75, 3.05) is 13.2 Å². The highest BCUT2D eigenvalue weighted by Crippen LogP contribution is 2.37. The number of carbonyl (C=O) groups excluding carboxylic acids is 1. The van der Waals surface area contributed by atoms with Crippen molar-refractivity contribution in [3.05, 3.63) is 54.6 Å². The van der Waals surface area contributed by atoms with E-state index >= 15 is 0 Å². The van der Waals surface area contributed by atoms with Gasteiger partial charge in [0.05, 0.1) is 18.8 Å². The van der Waals surface area contributed by atoms with Gasteiger partial charge in [0.2, 0.25) is 0 Å². The van der Waals surface area contributed by atoms with Crippen molar-refractivity contribution < 1.29 is 33.3 Å². The molecule has 5 nitrogen and oxygen atoms in total. The van der Waals surface area contributed by atoms with Crippen LogP contribution in [0.3, 0.4) is 0 Å². The number of hydrogen-bond donors (Lipinski definition) is 2. The Hall–Kier alpha value is -2.25. The van der Waals surface area contributed by atoms with Crippen LogP contribution < -0.4 is 4.74 Å². The number of ether oxygens (including phenoxy) is 2. The van der Waals surface area contributed by atoms with Crippen LogP contribution in [-0.4, -0.2) is 47.5 Å². The van der Waals surface area contributed by atoms with Crippen LogP contribution in [0, 0.1) is 11.8 Å². The molecule has 0 saturated heterocycles. The lowest BCUT2D eigenvalue weighted by atomic mass is 9.89. The number of rotatable bonds is 12. The topological polar surface area (TPSA) is 76.0 Å². The summed E-state index contributed by atoms with van der Waals surface area (Å²) in [4.78, 5) is 11.3. The highest BCUT2D eigenvalue weighted by Gasteiger charge is 2.40. The van der Waals surface area contributed by atoms with E-state index in [4.69, 9.17) is 9.47 Å². The van der Waals surface area contributed by atoms with Crippen LogP contribution in [-0.2, 0) is 9.53 Å². The van der Waals surface area contributed by atoms with E-state index < -0.39 is 30.7 Å². The summed E-state index contributed by atoms with van der Waals surface area (Å²) < 4.78 is 38.4. The normalized spacial score (nSPS) is 24.2. The Morgan fingerprint density at radius 2 is 1.94 bits per heavy atom. The quantitative estimate of drug-likeness (QED) is 0.289. The van der Waals surface area contributed by atoms with E-state index in [2.05, 4.69) is 0 Å². The van der Waals surface area contributed by atoms with Gasteiger partial charge in [-0.25, -0.2) is 0 Å². The molecule has 4 atom stereocenters. The summed E-state index contributed by atoms with van der Waals surface area (Å²) in [5.41, 5.74) is 0. The number of esters is 1. The number of aliphatic hydroxyl groups is 2. The predicted octanol–water partition coefficient (Wildman–Crippen LogP) is 4.29. The molecule has 0 aromatic heterocycles. The second kappa shape index (κ2) is 12.6. The fourth-order valence-electron chi connectivity index (χ4n) is 3.67. The van der Waals surface area contributed by atoms with Gasteiger partial charge in [0.25, 0.3) is 5.92 Å². The zero-order valence-electron chi connectivity index (χ0n) is 17.8. The maximum Gasteiger partial charge on any atom is 0.305 e. The molecule has 1 saturated carbocycles. The minimum absolute atomic E-state index is 0.155. The fourth-order valence-corrected chi connectivity index (χ4v) is 3.67. The molecule has 1 aromatic rings. The number of alkyl halides is 2. The second-order valence-electron chi connectivity index (χ2n) is 7.74. The number of aliphatic hydroxyl groups excluding tert-OH is 2. The summed E-state index contributed by atoms with van der Waals surface area (Å²) in [6.07, 6.45) is 6.49. The van der Waals surface area contributed by atoms with E-state index in [-0.39, 0.29) is 18.3 Å². The maximum atomic E-state index is 14.2. The molecule has 1 aromatic carbocycles. The van der Waals surface area contributed by atoms with Crippen LogP contribution >= 0.6 is 0 Å². The Morgan fingerprint density at radius 3 is 2.65 bits per heavy atom. The minimum Gasteiger partial charge on any atom is -0.487 e. The van der Waals surface area contributed by atoms with Crippen molar-refractivity contribution in [3.8, 4) is 5.75 Å². The Kier molecular flexibility index (Phi) is 10.1. The molecule has 0 unspecified atom stereocenters. The van der Waals surface area contributed by atoms with E-state index in [1.807, 2.05) is 12.2 Å². The molecule has 0 spiro atoms. The van der Waals surface area contributed by atoms with Crippen LogP contribution in [0.25, 0.3) is 0 Å². The van der Waals surface area contributed by atoms with Crippen LogP contribution in [0.15, 0.2) is 54.6 Å². The molecule has 2 rings (SSSR count). The second-order valence-corrected chi connectivity index (χ2v) is 7.74. The highest BCUT2D eigenvalue weighted by atomic mass is 19.3. The van der Waals surface area contributed by atoms with Gasteiger partial charge in [-0.3, -0.25) is 4.79 Å². The third kappa shape index (κ3) is 8.79. The zero-order chi connectivity index (χ0) is 22.7. The van der Waals surface area contributed by atoms with E-state index in [1.54, 1.807) is 37.3 Å². The molecule has 0 radical (unpaired) electrons. The summed E-state index contributed by atoms with van der Waals surface area (Å²) >= 11 is 0. The van der Waals surface area contributed by atoms with Gasteiger partial charge >= 0.3 is 5.97 Å². The monoisotopic (exact) mass is 438 g/mol. The SMILES string of the molecule is CCOC(=O)CCC/C=C/C[C@@H]1[C@@H](/C=C/C(F)(F)COc2ccccc2)[C@H](O)C[C@@H]1O. The predicted molar refractivity (Wildman–Crippen MR) is 114 cm³/mol. The van der Waals surface area contributed by atoms with Crippen molar-refractivity contribution >= 4 is 5.97 Å². The molecule has 7 heteroatoms. The zero-order valence-corrected chi connectivity index (χ0v) is 17.8. The van der Waals surface area contributed by atoms with E-state index in [9.17, 15) is 23.8 Å². The molecule has 2 N–H and O–H groups in total. The fraction of sp³-hybridized carbons (Fsp3) is 0.542. The van der Waals surface area contributed by atoms with Gasteiger partial charge in [-0.2, -0.15) is 8.78 Å². The number of hydrogen-bond acceptors (Lipinski definition) is 5. The number of unbranched alkanes of at least 4 members (excludes halogenated alkanes) is 1. The molecule has 172 valence electrons. The molecule has 0 bridgehead atoms. The van der Waals surface area contributed by atoms with Gasteiger partial charge in [-0.15, -0.1) is 0 Å². The molecule has 31 heavy (non-hydrogen) atoms. The van der Waals surface area contributed by atoms with Crippen LogP contribution in [0.1, 0.15) is 39.0 Å². The molecule has 0 amide bonds. The standard InChI is InChI=1S/C24H32F2O5/c1-2-30-23(29)13-9-4-3-8-12-19-20(22(28)16-21(19)27)14-15-24(25,26)17-31-18-10-6-5-7-11-18/h3,5-8,10-11,14-15,19-22,27-28H,2,4,9,12-13,16-17H2,1H3/b8-3+,15-14+/t19-,20-,21+,22-/m1/s1. The first-order valence-electron chi connectivity index (χ1n) is 10.7. The Morgan fingerprint density at radius 1 is 1.19 bits per heavy atom. The molecule has 0 heterocycles. The lowest BCUT2D eigenvalue weighted by Gasteiger charge is -2.20. The smallest absolute Gasteiger partial charge is 0.305 e. The van der Waals surface area contributed by atoms with Crippen molar-refractivity contribution in [2.45, 2.75) is 57.2 Å². The summed E-state index contributed by atoms with van der Waals surface area (Å²) in [7, 11) is 0. The van der Waals surface area contributed by atoms with Gasteiger partial charge in [-0.05, 0) is 50.3 Å². The van der Waals surface area contributed by atoms with Crippen molar-refractivity contribution in [1.29, 1.82) is 0 Å². The van der Waals surface area contributed by atoms with Crippen LogP contribution in [0.2, 0.25) is 0 Å². The van der Waals surface area contributed by atoms with Crippen molar-refractivity contribution in [2.24, 2.45) is 11.8 Å². The Bertz CT molecular complexity index is 720. The van der Waals surface area contributed by atoms with Crippen molar-refractivity contribution in [3.63, 3.8) is 0 Å². The Balaban J connectivity index is 1.84. The van der Waals surface area contributed by atoms with Gasteiger partial charge in [-0.1, -0.05) is 36.4 Å². The van der Waals surface area contributed by atoms with Gasteiger partial charge in [0.15, 0.2) is 6.61 Å². The summed E-state index contributed by atoms with van der Waals surface area (Å²) in [6.45, 7) is 1.32. The highest BCUT2D eigenvalue weighted by molar-refractivity contribution is 5.69. The van der Waals surface area contributed by atoms with Crippen LogP contribution in [0.5, 0.6) is 5.75 Å².